The van der Waals surface area contributed by atoms with Crippen LogP contribution in [0.25, 0.3) is 0 Å². The number of carbonyl (C=O) groups excluding carboxylic acids is 2. The molecule has 1 heterocycles. The summed E-state index contributed by atoms with van der Waals surface area (Å²) in [5, 5.41) is 10.7. The summed E-state index contributed by atoms with van der Waals surface area (Å²) in [7, 11) is 0. The number of hydrogen-bond acceptors (Lipinski definition) is 4. The Labute approximate surface area is 110 Å². The summed E-state index contributed by atoms with van der Waals surface area (Å²) in [4.78, 5) is 26.8. The number of amides is 2. The van der Waals surface area contributed by atoms with Crippen molar-refractivity contribution in [2.75, 3.05) is 10.6 Å². The molecule has 2 rings (SSSR count). The number of H-pyrrole nitrogens is 1. The summed E-state index contributed by atoms with van der Waals surface area (Å²) < 4.78 is 0.686. The van der Waals surface area contributed by atoms with Crippen LogP contribution >= 0.6 is 15.9 Å². The molecule has 0 aliphatic carbocycles. The number of nitrogens with zero attached hydrogens (tertiary/aromatic N) is 2. The van der Waals surface area contributed by atoms with Crippen LogP contribution in [0.5, 0.6) is 0 Å². The molecule has 18 heavy (non-hydrogen) atoms. The molecule has 0 spiro atoms. The number of benzene rings is 1. The van der Waals surface area contributed by atoms with E-state index in [2.05, 4.69) is 41.7 Å². The first-order valence-corrected chi connectivity index (χ1v) is 5.68. The molecule has 0 radical (unpaired) electrons. The quantitative estimate of drug-likeness (QED) is 0.724. The summed E-state index contributed by atoms with van der Waals surface area (Å²) in [6, 6.07) is 6.97. The Bertz CT molecular complexity index is 569. The minimum Gasteiger partial charge on any atom is -0.317 e. The van der Waals surface area contributed by atoms with Gasteiger partial charge in [0, 0.05) is 4.47 Å². The Morgan fingerprint density at radius 3 is 2.56 bits per heavy atom. The molecule has 8 heteroatoms. The van der Waals surface area contributed by atoms with Crippen LogP contribution in [0.15, 0.2) is 35.1 Å². The van der Waals surface area contributed by atoms with E-state index in [9.17, 15) is 9.59 Å². The monoisotopic (exact) mass is 309 g/mol. The van der Waals surface area contributed by atoms with Crippen LogP contribution in [0, 0.1) is 0 Å². The van der Waals surface area contributed by atoms with Crippen LogP contribution in [0.4, 0.5) is 11.6 Å². The largest absolute Gasteiger partial charge is 0.317 e. The van der Waals surface area contributed by atoms with Crippen molar-refractivity contribution in [3.8, 4) is 0 Å². The lowest BCUT2D eigenvalue weighted by atomic mass is 10.3. The van der Waals surface area contributed by atoms with Crippen molar-refractivity contribution in [2.24, 2.45) is 0 Å². The lowest BCUT2D eigenvalue weighted by Crippen LogP contribution is -2.29. The zero-order chi connectivity index (χ0) is 13.0. The van der Waals surface area contributed by atoms with Gasteiger partial charge in [-0.05, 0) is 28.1 Å². The third-order valence-electron chi connectivity index (χ3n) is 1.98. The number of aromatic nitrogens is 3. The number of nitrogens with one attached hydrogen (secondary N) is 3. The van der Waals surface area contributed by atoms with E-state index in [4.69, 9.17) is 0 Å². The van der Waals surface area contributed by atoms with Crippen molar-refractivity contribution in [1.82, 2.24) is 15.2 Å². The molecule has 0 unspecified atom stereocenters. The van der Waals surface area contributed by atoms with E-state index in [-0.39, 0.29) is 5.95 Å². The minimum absolute atomic E-state index is 0.113. The summed E-state index contributed by atoms with van der Waals surface area (Å²) >= 11 is 3.26. The van der Waals surface area contributed by atoms with Gasteiger partial charge in [0.05, 0.1) is 5.69 Å². The Hall–Kier alpha value is -2.22. The van der Waals surface area contributed by atoms with Crippen LogP contribution in [-0.2, 0) is 9.59 Å². The van der Waals surface area contributed by atoms with E-state index in [0.717, 1.165) is 0 Å². The Morgan fingerprint density at radius 2 is 1.89 bits per heavy atom. The molecule has 0 saturated heterocycles. The normalized spacial score (nSPS) is 9.83. The van der Waals surface area contributed by atoms with E-state index in [1.54, 1.807) is 24.3 Å². The first-order valence-electron chi connectivity index (χ1n) is 4.89. The highest BCUT2D eigenvalue weighted by molar-refractivity contribution is 9.10. The fraction of sp³-hybridized carbons (Fsp3) is 0. The predicted octanol–water partition coefficient (Wildman–Crippen LogP) is 1.14. The van der Waals surface area contributed by atoms with Gasteiger partial charge in [-0.2, -0.15) is 10.1 Å². The van der Waals surface area contributed by atoms with Gasteiger partial charge in [-0.3, -0.25) is 14.9 Å². The van der Waals surface area contributed by atoms with E-state index >= 15 is 0 Å². The molecule has 2 aromatic rings. The van der Waals surface area contributed by atoms with Crippen molar-refractivity contribution < 1.29 is 9.59 Å². The first kappa shape index (κ1) is 12.2. The Morgan fingerprint density at radius 1 is 1.17 bits per heavy atom. The van der Waals surface area contributed by atoms with E-state index in [1.165, 1.54) is 6.33 Å². The van der Waals surface area contributed by atoms with E-state index in [0.29, 0.717) is 10.2 Å². The van der Waals surface area contributed by atoms with Gasteiger partial charge in [0.1, 0.15) is 6.33 Å². The standard InChI is InChI=1S/C10H8BrN5O2/c11-6-3-1-2-4-7(6)14-8(17)9(18)15-10-12-5-13-16-10/h1-5H,(H,14,17)(H2,12,13,15,16,18). The van der Waals surface area contributed by atoms with E-state index < -0.39 is 11.8 Å². The van der Waals surface area contributed by atoms with Crippen LogP contribution in [0.1, 0.15) is 0 Å². The second kappa shape index (κ2) is 5.41. The molecule has 0 bridgehead atoms. The lowest BCUT2D eigenvalue weighted by Gasteiger charge is -2.06. The molecule has 92 valence electrons. The number of anilines is 2. The predicted molar refractivity (Wildman–Crippen MR) is 67.8 cm³/mol. The number of halogens is 1. The summed E-state index contributed by atoms with van der Waals surface area (Å²) in [5.41, 5.74) is 0.509. The highest BCUT2D eigenvalue weighted by atomic mass is 79.9. The molecule has 1 aromatic heterocycles. The second-order valence-electron chi connectivity index (χ2n) is 3.22. The third-order valence-corrected chi connectivity index (χ3v) is 2.67. The van der Waals surface area contributed by atoms with Crippen molar-refractivity contribution in [1.29, 1.82) is 0 Å². The van der Waals surface area contributed by atoms with E-state index in [1.807, 2.05) is 0 Å². The maximum atomic E-state index is 11.6. The summed E-state index contributed by atoms with van der Waals surface area (Å²) in [6.45, 7) is 0. The number of para-hydroxylation sites is 1. The first-order chi connectivity index (χ1) is 8.66. The van der Waals surface area contributed by atoms with Crippen LogP contribution in [0.3, 0.4) is 0 Å². The number of rotatable bonds is 2. The van der Waals surface area contributed by atoms with Crippen molar-refractivity contribution in [2.45, 2.75) is 0 Å². The number of aromatic amines is 1. The zero-order valence-electron chi connectivity index (χ0n) is 8.98. The molecule has 7 nitrogen and oxygen atoms in total. The van der Waals surface area contributed by atoms with Crippen LogP contribution in [-0.4, -0.2) is 27.0 Å². The van der Waals surface area contributed by atoms with Crippen molar-refractivity contribution in [3.63, 3.8) is 0 Å². The average Bonchev–Trinajstić information content (AvgIpc) is 2.84. The van der Waals surface area contributed by atoms with Gasteiger partial charge >= 0.3 is 11.8 Å². The molecular formula is C10H8BrN5O2. The zero-order valence-corrected chi connectivity index (χ0v) is 10.6. The minimum atomic E-state index is -0.831. The van der Waals surface area contributed by atoms with Gasteiger partial charge in [0.15, 0.2) is 0 Å². The highest BCUT2D eigenvalue weighted by Gasteiger charge is 2.15. The van der Waals surface area contributed by atoms with Gasteiger partial charge in [-0.1, -0.05) is 12.1 Å². The van der Waals surface area contributed by atoms with Gasteiger partial charge < -0.3 is 5.32 Å². The fourth-order valence-corrected chi connectivity index (χ4v) is 1.56. The molecule has 0 aliphatic heterocycles. The third kappa shape index (κ3) is 2.92. The molecule has 0 saturated carbocycles. The highest BCUT2D eigenvalue weighted by Crippen LogP contribution is 2.20. The Balaban J connectivity index is 2.00. The Kier molecular flexibility index (Phi) is 3.68. The average molecular weight is 310 g/mol. The molecule has 1 aromatic carbocycles. The van der Waals surface area contributed by atoms with Gasteiger partial charge in [0.25, 0.3) is 0 Å². The SMILES string of the molecule is O=C(Nc1ncn[nH]1)C(=O)Nc1ccccc1Br. The molecule has 3 N–H and O–H groups in total. The molecular weight excluding hydrogens is 302 g/mol. The maximum Gasteiger partial charge on any atom is 0.316 e. The molecule has 0 fully saturated rings. The lowest BCUT2D eigenvalue weighted by molar-refractivity contribution is -0.133. The molecule has 0 atom stereocenters. The van der Waals surface area contributed by atoms with Gasteiger partial charge in [-0.15, -0.1) is 0 Å². The molecule has 2 amide bonds. The van der Waals surface area contributed by atoms with Crippen LogP contribution < -0.4 is 10.6 Å². The fourth-order valence-electron chi connectivity index (χ4n) is 1.17. The number of hydrogen-bond donors (Lipinski definition) is 3. The van der Waals surface area contributed by atoms with Gasteiger partial charge in [-0.25, -0.2) is 5.10 Å². The smallest absolute Gasteiger partial charge is 0.316 e. The van der Waals surface area contributed by atoms with Crippen LogP contribution in [0.2, 0.25) is 0 Å². The summed E-state index contributed by atoms with van der Waals surface area (Å²) in [6.07, 6.45) is 1.22. The van der Waals surface area contributed by atoms with Gasteiger partial charge in [0.2, 0.25) is 5.95 Å². The summed E-state index contributed by atoms with van der Waals surface area (Å²) in [5.74, 6) is -1.51. The maximum absolute atomic E-state index is 11.6. The van der Waals surface area contributed by atoms with Crippen molar-refractivity contribution in [3.05, 3.63) is 35.1 Å². The second-order valence-corrected chi connectivity index (χ2v) is 4.08. The van der Waals surface area contributed by atoms with Crippen molar-refractivity contribution >= 4 is 39.4 Å². The topological polar surface area (TPSA) is 99.8 Å². The number of carbonyl (C=O) groups is 2. The molecule has 0 aliphatic rings.